The molecule has 4 rings (SSSR count). The fraction of sp³-hybridized carbons (Fsp3) is 0.400. The molecule has 0 aromatic heterocycles. The van der Waals surface area contributed by atoms with Gasteiger partial charge in [0.2, 0.25) is 0 Å². The summed E-state index contributed by atoms with van der Waals surface area (Å²) in [6.45, 7) is 17.8. The molecule has 2 saturated heterocycles. The number of hydrogen-bond acceptors (Lipinski definition) is 4. The molecule has 0 amide bonds. The summed E-state index contributed by atoms with van der Waals surface area (Å²) in [6, 6.07) is 8.87. The molecule has 0 radical (unpaired) electrons. The van der Waals surface area contributed by atoms with E-state index < -0.39 is 9.39 Å². The highest BCUT2D eigenvalue weighted by Gasteiger charge is 2.36. The average Bonchev–Trinajstić information content (AvgIpc) is 2.86. The van der Waals surface area contributed by atoms with Gasteiger partial charge < -0.3 is 15.5 Å². The van der Waals surface area contributed by atoms with Crippen molar-refractivity contribution in [3.63, 3.8) is 0 Å². The van der Waals surface area contributed by atoms with Crippen molar-refractivity contribution in [2.75, 3.05) is 26.2 Å². The van der Waals surface area contributed by atoms with Crippen molar-refractivity contribution in [2.24, 2.45) is 5.41 Å². The molecule has 3 heterocycles. The lowest BCUT2D eigenvalue weighted by Gasteiger charge is -2.46. The summed E-state index contributed by atoms with van der Waals surface area (Å²) in [5, 5.41) is 7.01. The zero-order valence-corrected chi connectivity index (χ0v) is 22.4. The van der Waals surface area contributed by atoms with E-state index in [2.05, 4.69) is 83.3 Å². The molecule has 5 heteroatoms. The first-order chi connectivity index (χ1) is 16.7. The third-order valence-electron chi connectivity index (χ3n) is 7.88. The maximum Gasteiger partial charge on any atom is 0.0407 e. The second kappa shape index (κ2) is 10.7. The number of nitrogens with zero attached hydrogens (tertiary/aromatic N) is 2. The van der Waals surface area contributed by atoms with Crippen molar-refractivity contribution in [2.45, 2.75) is 51.0 Å². The van der Waals surface area contributed by atoms with Crippen molar-refractivity contribution < 1.29 is 0 Å². The smallest absolute Gasteiger partial charge is 0.0407 e. The zero-order chi connectivity index (χ0) is 25.1. The minimum Gasteiger partial charge on any atom is -0.381 e. The number of benzene rings is 1. The number of piperidine rings is 2. The van der Waals surface area contributed by atoms with Crippen LogP contribution >= 0.6 is 9.39 Å². The largest absolute Gasteiger partial charge is 0.381 e. The Bertz CT molecular complexity index is 1140. The summed E-state index contributed by atoms with van der Waals surface area (Å²) in [6.07, 6.45) is 13.4. The van der Waals surface area contributed by atoms with E-state index in [1.807, 2.05) is 24.1 Å². The lowest BCUT2D eigenvalue weighted by atomic mass is 9.72. The highest BCUT2D eigenvalue weighted by molar-refractivity contribution is 8.25. The van der Waals surface area contributed by atoms with Crippen molar-refractivity contribution >= 4 is 21.1 Å². The number of allylic oxidation sites excluding steroid dienone is 3. The predicted octanol–water partition coefficient (Wildman–Crippen LogP) is 5.89. The van der Waals surface area contributed by atoms with Gasteiger partial charge in [0.1, 0.15) is 0 Å². The Morgan fingerprint density at radius 1 is 1.11 bits per heavy atom. The molecular formula is C30H42N4S. The third kappa shape index (κ3) is 5.69. The van der Waals surface area contributed by atoms with Crippen LogP contribution in [0, 0.1) is 5.41 Å². The molecule has 2 fully saturated rings. The monoisotopic (exact) mass is 490 g/mol. The lowest BCUT2D eigenvalue weighted by Crippen LogP contribution is -2.44. The molecule has 1 spiro atoms. The van der Waals surface area contributed by atoms with Gasteiger partial charge in [-0.1, -0.05) is 43.1 Å². The van der Waals surface area contributed by atoms with Gasteiger partial charge in [0.25, 0.3) is 0 Å². The minimum atomic E-state index is -1.46. The first kappa shape index (κ1) is 25.6. The molecule has 0 unspecified atom stereocenters. The Morgan fingerprint density at radius 3 is 2.40 bits per heavy atom. The van der Waals surface area contributed by atoms with Crippen LogP contribution in [-0.4, -0.2) is 47.1 Å². The van der Waals surface area contributed by atoms with Crippen LogP contribution in [0.3, 0.4) is 0 Å². The quantitative estimate of drug-likeness (QED) is 0.467. The van der Waals surface area contributed by atoms with Crippen LogP contribution in [0.4, 0.5) is 0 Å². The maximum atomic E-state index is 4.62. The molecule has 2 N–H and O–H groups in total. The topological polar surface area (TPSA) is 30.5 Å². The van der Waals surface area contributed by atoms with Gasteiger partial charge in [0.05, 0.1) is 0 Å². The van der Waals surface area contributed by atoms with Gasteiger partial charge in [-0.2, -0.15) is 0 Å². The van der Waals surface area contributed by atoms with Gasteiger partial charge in [-0.3, -0.25) is 4.31 Å². The van der Waals surface area contributed by atoms with Crippen LogP contribution in [0.5, 0.6) is 0 Å². The van der Waals surface area contributed by atoms with Crippen LogP contribution in [0.2, 0.25) is 0 Å². The van der Waals surface area contributed by atoms with E-state index in [9.17, 15) is 0 Å². The highest BCUT2D eigenvalue weighted by Crippen LogP contribution is 2.45. The van der Waals surface area contributed by atoms with Gasteiger partial charge in [0, 0.05) is 53.9 Å². The number of hydrogen-bond donors (Lipinski definition) is 2. The van der Waals surface area contributed by atoms with E-state index in [0.717, 1.165) is 42.2 Å². The summed E-state index contributed by atoms with van der Waals surface area (Å²) in [5.74, 6) is 9.25. The van der Waals surface area contributed by atoms with Crippen molar-refractivity contribution in [1.29, 1.82) is 0 Å². The van der Waals surface area contributed by atoms with Crippen molar-refractivity contribution in [1.82, 2.24) is 19.8 Å². The van der Waals surface area contributed by atoms with E-state index in [-0.39, 0.29) is 0 Å². The van der Waals surface area contributed by atoms with E-state index in [1.54, 1.807) is 0 Å². The van der Waals surface area contributed by atoms with Gasteiger partial charge in [-0.25, -0.2) is 0 Å². The molecule has 1 aromatic carbocycles. The maximum absolute atomic E-state index is 4.62. The van der Waals surface area contributed by atoms with Crippen molar-refractivity contribution in [3.05, 3.63) is 90.1 Å². The average molecular weight is 491 g/mol. The van der Waals surface area contributed by atoms with Crippen LogP contribution in [0.15, 0.2) is 89.4 Å². The van der Waals surface area contributed by atoms with Crippen LogP contribution in [0.1, 0.15) is 45.1 Å². The zero-order valence-electron chi connectivity index (χ0n) is 21.6. The Labute approximate surface area is 213 Å². The molecule has 3 aliphatic heterocycles. The number of rotatable bonds is 7. The van der Waals surface area contributed by atoms with Crippen LogP contribution < -0.4 is 10.6 Å². The Hall–Kier alpha value is -2.47. The molecule has 0 bridgehead atoms. The molecule has 4 nitrogen and oxygen atoms in total. The van der Waals surface area contributed by atoms with Gasteiger partial charge in [0.15, 0.2) is 0 Å². The van der Waals surface area contributed by atoms with Gasteiger partial charge in [-0.15, -0.1) is 9.39 Å². The molecule has 188 valence electrons. The molecule has 0 atom stereocenters. The lowest BCUT2D eigenvalue weighted by molar-refractivity contribution is 0.114. The fourth-order valence-corrected chi connectivity index (χ4v) is 7.15. The normalized spacial score (nSPS) is 21.2. The van der Waals surface area contributed by atoms with E-state index in [0.29, 0.717) is 5.41 Å². The highest BCUT2D eigenvalue weighted by atomic mass is 32.2. The molecular weight excluding hydrogens is 448 g/mol. The standard InChI is InChI=1S/C30H42N4S/c1-7-18-33-23-28(21-24(2)26(33)4)25(3)32-22-27-8-10-29(11-9-27)35(5,6)34-19-14-30(15-20-34)12-16-31-17-13-30/h7-11,18,21,23,31-32H,3-6,12-17,19-20,22H2,1-2H3/b18-7-. The van der Waals surface area contributed by atoms with Crippen LogP contribution in [0.25, 0.3) is 0 Å². The third-order valence-corrected chi connectivity index (χ3v) is 10.4. The SMILES string of the molecule is C=C(NCc1ccc(S(=C)(=C)N2CCC3(CCNCC3)CC2)cc1)C1=CN(/C=C\C)C(=C)C(C)=C1. The first-order valence-electron chi connectivity index (χ1n) is 12.7. The summed E-state index contributed by atoms with van der Waals surface area (Å²) in [5.41, 5.74) is 5.88. The first-order valence-corrected chi connectivity index (χ1v) is 14.6. The van der Waals surface area contributed by atoms with E-state index in [4.69, 9.17) is 0 Å². The van der Waals surface area contributed by atoms with E-state index >= 15 is 0 Å². The summed E-state index contributed by atoms with van der Waals surface area (Å²) in [4.78, 5) is 3.31. The molecule has 35 heavy (non-hydrogen) atoms. The molecule has 3 aliphatic rings. The Kier molecular flexibility index (Phi) is 7.80. The van der Waals surface area contributed by atoms with E-state index in [1.165, 1.54) is 49.2 Å². The van der Waals surface area contributed by atoms with Crippen molar-refractivity contribution in [3.8, 4) is 0 Å². The summed E-state index contributed by atoms with van der Waals surface area (Å²) < 4.78 is 2.56. The molecule has 1 aromatic rings. The Morgan fingerprint density at radius 2 is 1.77 bits per heavy atom. The fourth-order valence-electron chi connectivity index (χ4n) is 5.33. The van der Waals surface area contributed by atoms with Crippen LogP contribution in [-0.2, 0) is 6.54 Å². The van der Waals surface area contributed by atoms with Gasteiger partial charge in [-0.05, 0) is 87.4 Å². The van der Waals surface area contributed by atoms with Gasteiger partial charge >= 0.3 is 0 Å². The predicted molar refractivity (Wildman–Crippen MR) is 155 cm³/mol. The summed E-state index contributed by atoms with van der Waals surface area (Å²) >= 11 is 0. The second-order valence-electron chi connectivity index (χ2n) is 10.2. The molecule has 0 saturated carbocycles. The minimum absolute atomic E-state index is 0.549. The number of nitrogens with one attached hydrogen (secondary N) is 2. The Balaban J connectivity index is 1.35. The molecule has 0 aliphatic carbocycles. The summed E-state index contributed by atoms with van der Waals surface area (Å²) in [7, 11) is -1.46. The second-order valence-corrected chi connectivity index (χ2v) is 12.9.